The second kappa shape index (κ2) is 4.78. The molecular weight excluding hydrogens is 420 g/mol. The molecule has 4 aliphatic carbocycles. The molecule has 0 radical (unpaired) electrons. The van der Waals surface area contributed by atoms with Crippen molar-refractivity contribution in [1.82, 2.24) is 0 Å². The van der Waals surface area contributed by atoms with Gasteiger partial charge < -0.3 is 0 Å². The SMILES string of the molecule is O=C1[C@@H](Cc2ccccc2)[C@@H]2C(=O)[C@@]3(CBr)[C@@H]4C[C@@H]([C@@H](Br)[C@H]24)[C@@H]13. The minimum Gasteiger partial charge on any atom is -0.299 e. The molecule has 0 spiro atoms. The molecule has 1 aromatic carbocycles. The average Bonchev–Trinajstić information content (AvgIpc) is 3.09. The number of carbonyl (C=O) groups is 2. The Kier molecular flexibility index (Phi) is 3.08. The lowest BCUT2D eigenvalue weighted by molar-refractivity contribution is -0.148. The van der Waals surface area contributed by atoms with E-state index in [2.05, 4.69) is 44.0 Å². The van der Waals surface area contributed by atoms with Crippen LogP contribution in [0.3, 0.4) is 0 Å². The van der Waals surface area contributed by atoms with E-state index in [1.165, 1.54) is 5.56 Å². The van der Waals surface area contributed by atoms with E-state index < -0.39 is 0 Å². The van der Waals surface area contributed by atoms with Crippen LogP contribution in [0.4, 0.5) is 0 Å². The highest BCUT2D eigenvalue weighted by molar-refractivity contribution is 9.09. The standard InChI is InChI=1S/C19H18Br2O2/c20-8-19-12-7-11-15(19)17(22)10(6-9-4-2-1-3-5-9)13(18(19)23)14(12)16(11)21/h1-5,10-16H,6-8H2/t10-,11+,12+,13-,14-,15-,16+,19-/m0/s1. The second-order valence-electron chi connectivity index (χ2n) is 7.77. The number of Topliss-reactive ketones (excluding diaryl/α,β-unsaturated/α-hetero) is 2. The van der Waals surface area contributed by atoms with Gasteiger partial charge in [-0.2, -0.15) is 0 Å². The third-order valence-electron chi connectivity index (χ3n) is 7.21. The lowest BCUT2D eigenvalue weighted by atomic mass is 9.62. The molecule has 2 nitrogen and oxygen atoms in total. The van der Waals surface area contributed by atoms with Crippen molar-refractivity contribution in [3.05, 3.63) is 35.9 Å². The van der Waals surface area contributed by atoms with E-state index in [9.17, 15) is 9.59 Å². The van der Waals surface area contributed by atoms with Crippen LogP contribution in [0.5, 0.6) is 0 Å². The summed E-state index contributed by atoms with van der Waals surface area (Å²) in [7, 11) is 0. The number of fused-ring (bicyclic) bond motifs is 4. The fourth-order valence-corrected chi connectivity index (χ4v) is 8.77. The molecule has 0 unspecified atom stereocenters. The van der Waals surface area contributed by atoms with Crippen LogP contribution in [-0.2, 0) is 16.0 Å². The van der Waals surface area contributed by atoms with Crippen molar-refractivity contribution < 1.29 is 9.59 Å². The molecule has 4 heteroatoms. The van der Waals surface area contributed by atoms with E-state index >= 15 is 0 Å². The number of halogens is 2. The van der Waals surface area contributed by atoms with Crippen LogP contribution in [0.2, 0.25) is 0 Å². The Morgan fingerprint density at radius 3 is 2.61 bits per heavy atom. The van der Waals surface area contributed by atoms with Gasteiger partial charge in [0, 0.05) is 27.9 Å². The van der Waals surface area contributed by atoms with Gasteiger partial charge in [0.25, 0.3) is 0 Å². The predicted molar refractivity (Wildman–Crippen MR) is 94.7 cm³/mol. The summed E-state index contributed by atoms with van der Waals surface area (Å²) in [5.41, 5.74) is 0.797. The van der Waals surface area contributed by atoms with Crippen LogP contribution in [-0.4, -0.2) is 21.7 Å². The Morgan fingerprint density at radius 1 is 1.17 bits per heavy atom. The van der Waals surface area contributed by atoms with E-state index in [1.54, 1.807) is 0 Å². The minimum absolute atomic E-state index is 0.0625. The molecule has 0 aromatic heterocycles. The number of alkyl halides is 2. The van der Waals surface area contributed by atoms with Gasteiger partial charge in [-0.25, -0.2) is 0 Å². The molecule has 4 aliphatic rings. The highest BCUT2D eigenvalue weighted by atomic mass is 79.9. The van der Waals surface area contributed by atoms with E-state index in [-0.39, 0.29) is 23.2 Å². The third-order valence-corrected chi connectivity index (χ3v) is 9.43. The summed E-state index contributed by atoms with van der Waals surface area (Å²) in [6, 6.07) is 10.2. The smallest absolute Gasteiger partial charge is 0.145 e. The maximum absolute atomic E-state index is 13.3. The summed E-state index contributed by atoms with van der Waals surface area (Å²) in [4.78, 5) is 27.0. The number of benzene rings is 1. The van der Waals surface area contributed by atoms with Gasteiger partial charge in [-0.3, -0.25) is 9.59 Å². The van der Waals surface area contributed by atoms with Crippen molar-refractivity contribution in [3.8, 4) is 0 Å². The Balaban J connectivity index is 1.61. The van der Waals surface area contributed by atoms with Crippen molar-refractivity contribution in [2.75, 3.05) is 5.33 Å². The summed E-state index contributed by atoms with van der Waals surface area (Å²) >= 11 is 7.48. The van der Waals surface area contributed by atoms with E-state index in [0.29, 0.717) is 39.5 Å². The van der Waals surface area contributed by atoms with Crippen molar-refractivity contribution >= 4 is 43.4 Å². The zero-order valence-corrected chi connectivity index (χ0v) is 15.8. The summed E-state index contributed by atoms with van der Waals surface area (Å²) in [5.74, 6) is 1.65. The van der Waals surface area contributed by atoms with Gasteiger partial charge >= 0.3 is 0 Å². The van der Waals surface area contributed by atoms with Crippen LogP contribution in [0, 0.1) is 40.9 Å². The molecule has 5 rings (SSSR count). The summed E-state index contributed by atoms with van der Waals surface area (Å²) in [5, 5.41) is 0.668. The minimum atomic E-state index is -0.380. The van der Waals surface area contributed by atoms with E-state index in [1.807, 2.05) is 18.2 Å². The van der Waals surface area contributed by atoms with Gasteiger partial charge in [-0.15, -0.1) is 0 Å². The lowest BCUT2D eigenvalue weighted by Gasteiger charge is -2.41. The monoisotopic (exact) mass is 436 g/mol. The largest absolute Gasteiger partial charge is 0.299 e. The topological polar surface area (TPSA) is 34.1 Å². The first kappa shape index (κ1) is 14.8. The molecule has 0 saturated heterocycles. The van der Waals surface area contributed by atoms with Crippen LogP contribution in [0.25, 0.3) is 0 Å². The molecular formula is C19H18Br2O2. The van der Waals surface area contributed by atoms with E-state index in [0.717, 1.165) is 12.8 Å². The highest BCUT2D eigenvalue weighted by Crippen LogP contribution is 2.75. The maximum atomic E-state index is 13.3. The molecule has 0 heterocycles. The van der Waals surface area contributed by atoms with Crippen LogP contribution < -0.4 is 0 Å². The predicted octanol–water partition coefficient (Wildman–Crippen LogP) is 3.65. The molecule has 4 bridgehead atoms. The molecule has 8 atom stereocenters. The Bertz CT molecular complexity index is 703. The lowest BCUT2D eigenvalue weighted by Crippen LogP contribution is -2.52. The van der Waals surface area contributed by atoms with Crippen molar-refractivity contribution in [3.63, 3.8) is 0 Å². The first-order chi connectivity index (χ1) is 11.1. The zero-order chi connectivity index (χ0) is 15.9. The Labute approximate surface area is 152 Å². The molecule has 120 valence electrons. The van der Waals surface area contributed by atoms with Crippen molar-refractivity contribution in [2.24, 2.45) is 40.9 Å². The molecule has 0 amide bonds. The first-order valence-electron chi connectivity index (χ1n) is 8.43. The number of carbonyl (C=O) groups excluding carboxylic acids is 2. The molecule has 0 aliphatic heterocycles. The molecule has 1 aromatic rings. The van der Waals surface area contributed by atoms with Gasteiger partial charge in [-0.05, 0) is 36.2 Å². The van der Waals surface area contributed by atoms with Crippen LogP contribution >= 0.6 is 31.9 Å². The van der Waals surface area contributed by atoms with Crippen molar-refractivity contribution in [1.29, 1.82) is 0 Å². The Morgan fingerprint density at radius 2 is 1.91 bits per heavy atom. The van der Waals surface area contributed by atoms with Gasteiger partial charge in [0.05, 0.1) is 5.41 Å². The number of hydrogen-bond donors (Lipinski definition) is 0. The van der Waals surface area contributed by atoms with Crippen LogP contribution in [0.1, 0.15) is 12.0 Å². The Hall–Kier alpha value is -0.480. The number of hydrogen-bond acceptors (Lipinski definition) is 2. The maximum Gasteiger partial charge on any atom is 0.145 e. The summed E-state index contributed by atoms with van der Waals surface area (Å²) in [6.45, 7) is 0. The van der Waals surface area contributed by atoms with Gasteiger partial charge in [-0.1, -0.05) is 62.2 Å². The molecule has 4 fully saturated rings. The fourth-order valence-electron chi connectivity index (χ4n) is 6.51. The van der Waals surface area contributed by atoms with E-state index in [4.69, 9.17) is 0 Å². The third kappa shape index (κ3) is 1.56. The molecule has 23 heavy (non-hydrogen) atoms. The van der Waals surface area contributed by atoms with Gasteiger partial charge in [0.1, 0.15) is 11.6 Å². The quantitative estimate of drug-likeness (QED) is 0.676. The average molecular weight is 438 g/mol. The second-order valence-corrected chi connectivity index (χ2v) is 9.39. The zero-order valence-electron chi connectivity index (χ0n) is 12.6. The normalized spacial score (nSPS) is 49.4. The van der Waals surface area contributed by atoms with Crippen molar-refractivity contribution in [2.45, 2.75) is 17.7 Å². The first-order valence-corrected chi connectivity index (χ1v) is 10.5. The number of rotatable bonds is 3. The summed E-state index contributed by atoms with van der Waals surface area (Å²) in [6.07, 6.45) is 1.78. The number of ketones is 2. The summed E-state index contributed by atoms with van der Waals surface area (Å²) < 4.78 is 0. The highest BCUT2D eigenvalue weighted by Gasteiger charge is 2.80. The molecule has 0 N–H and O–H groups in total. The van der Waals surface area contributed by atoms with Gasteiger partial charge in [0.15, 0.2) is 0 Å². The molecule has 4 saturated carbocycles. The van der Waals surface area contributed by atoms with Gasteiger partial charge in [0.2, 0.25) is 0 Å². The fraction of sp³-hybridized carbons (Fsp3) is 0.579. The van der Waals surface area contributed by atoms with Crippen LogP contribution in [0.15, 0.2) is 30.3 Å².